The molecule has 0 aliphatic rings. The fourth-order valence-electron chi connectivity index (χ4n) is 2.31. The molecule has 1 amide bonds. The van der Waals surface area contributed by atoms with Crippen molar-refractivity contribution in [1.82, 2.24) is 5.32 Å². The average molecular weight is 427 g/mol. The predicted octanol–water partition coefficient (Wildman–Crippen LogP) is 0.263. The van der Waals surface area contributed by atoms with Crippen molar-refractivity contribution < 1.29 is 46.7 Å². The van der Waals surface area contributed by atoms with Gasteiger partial charge in [-0.25, -0.2) is 9.59 Å². The number of aliphatic hydroxyl groups is 1. The number of nitrogens with one attached hydrogen (secondary N) is 1. The van der Waals surface area contributed by atoms with Crippen LogP contribution in [0, 0.1) is 5.41 Å². The number of carbonyl (C=O) groups excluding carboxylic acids is 2. The summed E-state index contributed by atoms with van der Waals surface area (Å²) < 4.78 is 38.2. The third kappa shape index (κ3) is 7.60. The highest BCUT2D eigenvalue weighted by atomic mass is 32.2. The van der Waals surface area contributed by atoms with E-state index in [1.807, 2.05) is 0 Å². The van der Waals surface area contributed by atoms with Crippen molar-refractivity contribution in [2.24, 2.45) is 5.41 Å². The van der Waals surface area contributed by atoms with Crippen molar-refractivity contribution >= 4 is 28.1 Å². The van der Waals surface area contributed by atoms with Crippen molar-refractivity contribution in [3.63, 3.8) is 0 Å². The lowest BCUT2D eigenvalue weighted by Crippen LogP contribution is -2.61. The molecule has 3 N–H and O–H groups in total. The van der Waals surface area contributed by atoms with Crippen LogP contribution < -0.4 is 5.32 Å². The maximum atomic E-state index is 12.0. The van der Waals surface area contributed by atoms with Gasteiger partial charge in [0.05, 0.1) is 19.0 Å². The van der Waals surface area contributed by atoms with E-state index in [-0.39, 0.29) is 25.5 Å². The second kappa shape index (κ2) is 10.6. The van der Waals surface area contributed by atoms with Crippen molar-refractivity contribution in [2.45, 2.75) is 52.7 Å². The Labute approximate surface area is 164 Å². The van der Waals surface area contributed by atoms with E-state index in [2.05, 4.69) is 10.1 Å². The van der Waals surface area contributed by atoms with Gasteiger partial charge in [0.1, 0.15) is 6.10 Å². The minimum absolute atomic E-state index is 0.0136. The Balaban J connectivity index is 5.14. The van der Waals surface area contributed by atoms with Crippen LogP contribution >= 0.6 is 0 Å². The molecule has 0 aromatic heterocycles. The molecule has 0 unspecified atom stereocenters. The summed E-state index contributed by atoms with van der Waals surface area (Å²) in [5, 5.41) is 22.7. The molecule has 0 aliphatic carbocycles. The molecule has 0 spiro atoms. The van der Waals surface area contributed by atoms with E-state index in [1.165, 1.54) is 27.7 Å². The molecule has 0 saturated carbocycles. The molecule has 12 heteroatoms. The Morgan fingerprint density at radius 3 is 2.25 bits per heavy atom. The first kappa shape index (κ1) is 26.1. The van der Waals surface area contributed by atoms with Gasteiger partial charge in [0.15, 0.2) is 0 Å². The van der Waals surface area contributed by atoms with Crippen LogP contribution in [0.2, 0.25) is 0 Å². The van der Waals surface area contributed by atoms with Gasteiger partial charge >= 0.3 is 12.1 Å². The van der Waals surface area contributed by atoms with Crippen LogP contribution in [-0.2, 0) is 33.4 Å². The quantitative estimate of drug-likeness (QED) is 0.223. The largest absolute Gasteiger partial charge is 0.508 e. The van der Waals surface area contributed by atoms with E-state index in [4.69, 9.17) is 8.92 Å². The molecule has 164 valence electrons. The van der Waals surface area contributed by atoms with Crippen LogP contribution in [0.25, 0.3) is 0 Å². The summed E-state index contributed by atoms with van der Waals surface area (Å²) in [6, 6.07) is 0. The number of hydrogen-bond donors (Lipinski definition) is 3. The number of aliphatic carboxylic acids is 1. The highest BCUT2D eigenvalue weighted by Crippen LogP contribution is 2.36. The molecule has 0 fully saturated rings. The van der Waals surface area contributed by atoms with Gasteiger partial charge in [-0.3, -0.25) is 8.98 Å². The van der Waals surface area contributed by atoms with Crippen LogP contribution in [0.1, 0.15) is 41.0 Å². The highest BCUT2D eigenvalue weighted by Gasteiger charge is 2.56. The van der Waals surface area contributed by atoms with Gasteiger partial charge in [-0.15, -0.1) is 0 Å². The minimum atomic E-state index is -4.04. The molecule has 2 atom stereocenters. The molecule has 0 aromatic carbocycles. The summed E-state index contributed by atoms with van der Waals surface area (Å²) in [4.78, 5) is 33.9. The summed E-state index contributed by atoms with van der Waals surface area (Å²) in [7, 11) is -4.04. The van der Waals surface area contributed by atoms with Gasteiger partial charge in [0.25, 0.3) is 10.1 Å². The zero-order valence-corrected chi connectivity index (χ0v) is 17.5. The molecule has 0 bridgehead atoms. The first-order valence-electron chi connectivity index (χ1n) is 8.60. The standard InChI is InChI=1S/C16H29NO10S/c1-6-25-14(21)27-11(2)16(22,13(19)20)15(4,5)10-26-28(23,24)9-7-8-17-12(3)18/h11,22H,6-10H2,1-5H3,(H,17,18)(H,19,20)/t11-,16-/m1/s1. The Morgan fingerprint density at radius 2 is 1.79 bits per heavy atom. The molecule has 0 aliphatic heterocycles. The number of hydrogen-bond acceptors (Lipinski definition) is 9. The summed E-state index contributed by atoms with van der Waals surface area (Å²) in [5.41, 5.74) is -4.33. The topological polar surface area (TPSA) is 166 Å². The SMILES string of the molecule is CCOC(=O)O[C@H](C)[C@@](O)(C(=O)O)C(C)(C)COS(=O)(=O)CCCNC(C)=O. The van der Waals surface area contributed by atoms with Crippen molar-refractivity contribution in [3.8, 4) is 0 Å². The molecule has 0 saturated heterocycles. The molecule has 0 radical (unpaired) electrons. The average Bonchev–Trinajstić information content (AvgIpc) is 2.56. The van der Waals surface area contributed by atoms with E-state index < -0.39 is 51.7 Å². The van der Waals surface area contributed by atoms with E-state index in [0.717, 1.165) is 6.92 Å². The van der Waals surface area contributed by atoms with Gasteiger partial charge < -0.3 is 25.0 Å². The molecule has 0 rings (SSSR count). The van der Waals surface area contributed by atoms with Gasteiger partial charge in [0, 0.05) is 18.9 Å². The number of ether oxygens (including phenoxy) is 2. The van der Waals surface area contributed by atoms with Crippen LogP contribution in [0.3, 0.4) is 0 Å². The number of carbonyl (C=O) groups is 3. The zero-order valence-electron chi connectivity index (χ0n) is 16.7. The fraction of sp³-hybridized carbons (Fsp3) is 0.812. The van der Waals surface area contributed by atoms with Gasteiger partial charge in [-0.1, -0.05) is 13.8 Å². The van der Waals surface area contributed by atoms with Crippen molar-refractivity contribution in [2.75, 3.05) is 25.5 Å². The first-order valence-corrected chi connectivity index (χ1v) is 10.2. The molecular weight excluding hydrogens is 398 g/mol. The lowest BCUT2D eigenvalue weighted by atomic mass is 9.72. The third-order valence-electron chi connectivity index (χ3n) is 4.03. The van der Waals surface area contributed by atoms with E-state index >= 15 is 0 Å². The molecule has 0 heterocycles. The molecular formula is C16H29NO10S. The number of amides is 1. The lowest BCUT2D eigenvalue weighted by Gasteiger charge is -2.41. The van der Waals surface area contributed by atoms with Gasteiger partial charge in [-0.2, -0.15) is 8.42 Å². The fourth-order valence-corrected chi connectivity index (χ4v) is 3.40. The monoisotopic (exact) mass is 427 g/mol. The second-order valence-corrected chi connectivity index (χ2v) is 8.52. The van der Waals surface area contributed by atoms with Crippen molar-refractivity contribution in [3.05, 3.63) is 0 Å². The van der Waals surface area contributed by atoms with Gasteiger partial charge in [-0.05, 0) is 20.3 Å². The summed E-state index contributed by atoms with van der Waals surface area (Å²) >= 11 is 0. The Morgan fingerprint density at radius 1 is 1.21 bits per heavy atom. The van der Waals surface area contributed by atoms with Crippen molar-refractivity contribution in [1.29, 1.82) is 0 Å². The van der Waals surface area contributed by atoms with E-state index in [0.29, 0.717) is 0 Å². The minimum Gasteiger partial charge on any atom is -0.479 e. The van der Waals surface area contributed by atoms with Crippen LogP contribution in [0.4, 0.5) is 4.79 Å². The smallest absolute Gasteiger partial charge is 0.479 e. The number of rotatable bonds is 12. The Kier molecular flexibility index (Phi) is 9.85. The second-order valence-electron chi connectivity index (χ2n) is 6.76. The zero-order chi connectivity index (χ0) is 22.2. The van der Waals surface area contributed by atoms with E-state index in [1.54, 1.807) is 0 Å². The molecule has 0 aromatic rings. The Hall–Kier alpha value is -1.92. The maximum absolute atomic E-state index is 12.0. The summed E-state index contributed by atoms with van der Waals surface area (Å²) in [6.45, 7) is 5.91. The maximum Gasteiger partial charge on any atom is 0.508 e. The normalized spacial score (nSPS) is 15.2. The number of carboxylic acids is 1. The molecule has 11 nitrogen and oxygen atoms in total. The molecule has 28 heavy (non-hydrogen) atoms. The Bertz CT molecular complexity index is 660. The number of carboxylic acid groups (broad SMARTS) is 1. The summed E-state index contributed by atoms with van der Waals surface area (Å²) in [6.07, 6.45) is -2.64. The van der Waals surface area contributed by atoms with E-state index in [9.17, 15) is 33.0 Å². The lowest BCUT2D eigenvalue weighted by molar-refractivity contribution is -0.197. The summed E-state index contributed by atoms with van der Waals surface area (Å²) in [5.74, 6) is -2.44. The third-order valence-corrected chi connectivity index (χ3v) is 5.29. The van der Waals surface area contributed by atoms with Crippen LogP contribution in [-0.4, -0.2) is 73.9 Å². The van der Waals surface area contributed by atoms with Gasteiger partial charge in [0.2, 0.25) is 11.5 Å². The first-order chi connectivity index (χ1) is 12.7. The van der Waals surface area contributed by atoms with Crippen LogP contribution in [0.5, 0.6) is 0 Å². The highest BCUT2D eigenvalue weighted by molar-refractivity contribution is 7.86. The predicted molar refractivity (Wildman–Crippen MR) is 97.0 cm³/mol. The van der Waals surface area contributed by atoms with Crippen LogP contribution in [0.15, 0.2) is 0 Å².